The number of carbonyl (C=O) groups is 2. The van der Waals surface area contributed by atoms with Gasteiger partial charge in [0.15, 0.2) is 0 Å². The molecule has 0 aliphatic rings. The van der Waals surface area contributed by atoms with Crippen LogP contribution in [0.25, 0.3) is 0 Å². The molecular weight excluding hydrogens is 243 g/mol. The summed E-state index contributed by atoms with van der Waals surface area (Å²) >= 11 is 0. The smallest absolute Gasteiger partial charge is 0.475 e. The first kappa shape index (κ1) is 17.8. The number of carbonyl (C=O) groups excluding carboxylic acids is 1. The Morgan fingerprint density at radius 2 is 1.82 bits per heavy atom. The van der Waals surface area contributed by atoms with Crippen molar-refractivity contribution in [3.8, 4) is 0 Å². The minimum absolute atomic E-state index is 0.324. The molecule has 0 aromatic heterocycles. The monoisotopic (exact) mass is 257 g/mol. The van der Waals surface area contributed by atoms with E-state index < -0.39 is 12.1 Å². The summed E-state index contributed by atoms with van der Waals surface area (Å²) in [6, 6.07) is 0. The number of carboxylic acid groups (broad SMARTS) is 1. The molecule has 0 saturated heterocycles. The molecule has 0 heterocycles. The number of esters is 1. The highest BCUT2D eigenvalue weighted by Gasteiger charge is 2.38. The van der Waals surface area contributed by atoms with Gasteiger partial charge in [-0.1, -0.05) is 6.58 Å². The number of hydrogen-bond acceptors (Lipinski definition) is 4. The van der Waals surface area contributed by atoms with E-state index in [1.807, 2.05) is 0 Å². The SMILES string of the molecule is C=C(C)C(=O)OCCNC.O=C(O)C(F)(F)F. The molecule has 0 unspecified atom stereocenters. The van der Waals surface area contributed by atoms with Gasteiger partial charge >= 0.3 is 18.1 Å². The van der Waals surface area contributed by atoms with Crippen molar-refractivity contribution in [2.45, 2.75) is 13.1 Å². The van der Waals surface area contributed by atoms with E-state index in [2.05, 4.69) is 11.9 Å². The van der Waals surface area contributed by atoms with Crippen LogP contribution in [0.2, 0.25) is 0 Å². The maximum atomic E-state index is 10.7. The molecule has 0 aliphatic carbocycles. The van der Waals surface area contributed by atoms with Crippen molar-refractivity contribution in [2.24, 2.45) is 0 Å². The topological polar surface area (TPSA) is 75.6 Å². The number of likely N-dealkylation sites (N-methyl/N-ethyl adjacent to an activating group) is 1. The van der Waals surface area contributed by atoms with Crippen molar-refractivity contribution in [1.29, 1.82) is 0 Å². The molecule has 17 heavy (non-hydrogen) atoms. The van der Waals surface area contributed by atoms with E-state index in [1.54, 1.807) is 14.0 Å². The Kier molecular flexibility index (Phi) is 8.98. The van der Waals surface area contributed by atoms with Crippen LogP contribution in [0, 0.1) is 0 Å². The highest BCUT2D eigenvalue weighted by molar-refractivity contribution is 5.86. The predicted molar refractivity (Wildman–Crippen MR) is 53.4 cm³/mol. The summed E-state index contributed by atoms with van der Waals surface area (Å²) in [7, 11) is 1.80. The Bertz CT molecular complexity index is 276. The van der Waals surface area contributed by atoms with E-state index in [-0.39, 0.29) is 5.97 Å². The van der Waals surface area contributed by atoms with Gasteiger partial charge in [0.25, 0.3) is 0 Å². The number of hydrogen-bond donors (Lipinski definition) is 2. The molecule has 0 bridgehead atoms. The van der Waals surface area contributed by atoms with Crippen LogP contribution in [0.15, 0.2) is 12.2 Å². The Morgan fingerprint density at radius 3 is 2.06 bits per heavy atom. The van der Waals surface area contributed by atoms with Gasteiger partial charge < -0.3 is 15.2 Å². The molecule has 0 radical (unpaired) electrons. The normalized spacial score (nSPS) is 9.94. The van der Waals surface area contributed by atoms with Gasteiger partial charge in [0.05, 0.1) is 0 Å². The van der Waals surface area contributed by atoms with Gasteiger partial charge in [-0.25, -0.2) is 9.59 Å². The molecule has 0 aromatic rings. The highest BCUT2D eigenvalue weighted by Crippen LogP contribution is 2.13. The third-order valence-corrected chi connectivity index (χ3v) is 1.18. The molecule has 0 rings (SSSR count). The van der Waals surface area contributed by atoms with Crippen molar-refractivity contribution >= 4 is 11.9 Å². The lowest BCUT2D eigenvalue weighted by Gasteiger charge is -2.01. The molecule has 100 valence electrons. The first-order chi connectivity index (χ1) is 7.62. The standard InChI is InChI=1S/C7H13NO2.C2HF3O2/c1-6(2)7(9)10-5-4-8-3;3-2(4,5)1(6)7/h8H,1,4-5H2,2-3H3;(H,6,7). The van der Waals surface area contributed by atoms with Crippen molar-refractivity contribution in [3.63, 3.8) is 0 Å². The van der Waals surface area contributed by atoms with Crippen LogP contribution in [0.5, 0.6) is 0 Å². The van der Waals surface area contributed by atoms with E-state index >= 15 is 0 Å². The second kappa shape index (κ2) is 8.57. The molecule has 0 aromatic carbocycles. The fourth-order valence-electron chi connectivity index (χ4n) is 0.369. The van der Waals surface area contributed by atoms with E-state index in [9.17, 15) is 18.0 Å². The lowest BCUT2D eigenvalue weighted by molar-refractivity contribution is -0.192. The van der Waals surface area contributed by atoms with Crippen LogP contribution >= 0.6 is 0 Å². The lowest BCUT2D eigenvalue weighted by Crippen LogP contribution is -2.21. The van der Waals surface area contributed by atoms with Gasteiger partial charge in [-0.05, 0) is 14.0 Å². The van der Waals surface area contributed by atoms with Crippen LogP contribution < -0.4 is 5.32 Å². The number of nitrogens with one attached hydrogen (secondary N) is 1. The molecule has 0 amide bonds. The van der Waals surface area contributed by atoms with E-state index in [4.69, 9.17) is 14.6 Å². The highest BCUT2D eigenvalue weighted by atomic mass is 19.4. The Labute approximate surface area is 96.3 Å². The van der Waals surface area contributed by atoms with Crippen LogP contribution in [0.4, 0.5) is 13.2 Å². The third kappa shape index (κ3) is 12.4. The molecule has 0 fully saturated rings. The van der Waals surface area contributed by atoms with Gasteiger partial charge in [0.1, 0.15) is 6.61 Å². The number of ether oxygens (including phenoxy) is 1. The molecular formula is C9H14F3NO4. The van der Waals surface area contributed by atoms with Gasteiger partial charge in [-0.3, -0.25) is 0 Å². The van der Waals surface area contributed by atoms with Gasteiger partial charge in [-0.15, -0.1) is 0 Å². The largest absolute Gasteiger partial charge is 0.490 e. The molecule has 0 aliphatic heterocycles. The predicted octanol–water partition coefficient (Wildman–Crippen LogP) is 0.958. The zero-order valence-electron chi connectivity index (χ0n) is 9.43. The number of halogens is 3. The number of rotatable bonds is 4. The lowest BCUT2D eigenvalue weighted by atomic mass is 10.4. The van der Waals surface area contributed by atoms with Crippen LogP contribution in [-0.4, -0.2) is 43.4 Å². The Morgan fingerprint density at radius 1 is 1.41 bits per heavy atom. The Balaban J connectivity index is 0. The number of alkyl halides is 3. The first-order valence-electron chi connectivity index (χ1n) is 4.40. The molecule has 0 saturated carbocycles. The molecule has 8 heteroatoms. The summed E-state index contributed by atoms with van der Waals surface area (Å²) in [4.78, 5) is 19.6. The maximum Gasteiger partial charge on any atom is 0.490 e. The van der Waals surface area contributed by atoms with Gasteiger partial charge in [0.2, 0.25) is 0 Å². The minimum Gasteiger partial charge on any atom is -0.475 e. The maximum absolute atomic E-state index is 10.7. The Hall–Kier alpha value is -1.57. The van der Waals surface area contributed by atoms with Crippen LogP contribution in [0.3, 0.4) is 0 Å². The average molecular weight is 257 g/mol. The number of aliphatic carboxylic acids is 1. The molecule has 0 atom stereocenters. The van der Waals surface area contributed by atoms with Crippen molar-refractivity contribution in [3.05, 3.63) is 12.2 Å². The molecule has 2 N–H and O–H groups in total. The summed E-state index contributed by atoms with van der Waals surface area (Å²) in [5.74, 6) is -3.08. The first-order valence-corrected chi connectivity index (χ1v) is 4.40. The quantitative estimate of drug-likeness (QED) is 0.445. The van der Waals surface area contributed by atoms with Gasteiger partial charge in [-0.2, -0.15) is 13.2 Å². The van der Waals surface area contributed by atoms with Gasteiger partial charge in [0, 0.05) is 12.1 Å². The zero-order valence-corrected chi connectivity index (χ0v) is 9.43. The molecule has 5 nitrogen and oxygen atoms in total. The van der Waals surface area contributed by atoms with Crippen molar-refractivity contribution in [2.75, 3.05) is 20.2 Å². The summed E-state index contributed by atoms with van der Waals surface area (Å²) in [6.07, 6.45) is -5.08. The van der Waals surface area contributed by atoms with E-state index in [1.165, 1.54) is 0 Å². The zero-order chi connectivity index (χ0) is 14.1. The average Bonchev–Trinajstić information content (AvgIpc) is 2.17. The van der Waals surface area contributed by atoms with Crippen LogP contribution in [-0.2, 0) is 14.3 Å². The second-order valence-corrected chi connectivity index (χ2v) is 2.82. The summed E-state index contributed by atoms with van der Waals surface area (Å²) in [6.45, 7) is 6.15. The van der Waals surface area contributed by atoms with Crippen LogP contribution in [0.1, 0.15) is 6.92 Å². The van der Waals surface area contributed by atoms with E-state index in [0.717, 1.165) is 0 Å². The summed E-state index contributed by atoms with van der Waals surface area (Å²) in [5.41, 5.74) is 0.441. The summed E-state index contributed by atoms with van der Waals surface area (Å²) in [5, 5.41) is 9.98. The summed E-state index contributed by atoms with van der Waals surface area (Å²) < 4.78 is 36.5. The van der Waals surface area contributed by atoms with E-state index in [0.29, 0.717) is 18.7 Å². The van der Waals surface area contributed by atoms with Crippen molar-refractivity contribution in [1.82, 2.24) is 5.32 Å². The van der Waals surface area contributed by atoms with Crippen molar-refractivity contribution < 1.29 is 32.6 Å². The fraction of sp³-hybridized carbons (Fsp3) is 0.556. The fourth-order valence-corrected chi connectivity index (χ4v) is 0.369. The molecule has 0 spiro atoms. The second-order valence-electron chi connectivity index (χ2n) is 2.82. The minimum atomic E-state index is -5.08. The third-order valence-electron chi connectivity index (χ3n) is 1.18. The number of carboxylic acids is 1.